The lowest BCUT2D eigenvalue weighted by Crippen LogP contribution is -2.52. The van der Waals surface area contributed by atoms with E-state index in [0.29, 0.717) is 49.4 Å². The predicted molar refractivity (Wildman–Crippen MR) is 152 cm³/mol. The van der Waals surface area contributed by atoms with E-state index in [-0.39, 0.29) is 41.9 Å². The molecule has 40 heavy (non-hydrogen) atoms. The molecule has 0 unspecified atom stereocenters. The molecule has 2 aliphatic heterocycles. The lowest BCUT2D eigenvalue weighted by molar-refractivity contribution is -0.137. The van der Waals surface area contributed by atoms with Crippen molar-refractivity contribution in [3.63, 3.8) is 0 Å². The minimum absolute atomic E-state index is 0.0320. The molecule has 0 bridgehead atoms. The van der Waals surface area contributed by atoms with Gasteiger partial charge in [0.1, 0.15) is 11.4 Å². The van der Waals surface area contributed by atoms with Crippen molar-refractivity contribution >= 4 is 35.3 Å². The van der Waals surface area contributed by atoms with Crippen molar-refractivity contribution in [2.24, 2.45) is 5.16 Å². The summed E-state index contributed by atoms with van der Waals surface area (Å²) in [5.41, 5.74) is 0.993. The third-order valence-electron chi connectivity index (χ3n) is 6.25. The van der Waals surface area contributed by atoms with Crippen molar-refractivity contribution in [1.82, 2.24) is 9.80 Å². The Morgan fingerprint density at radius 3 is 2.42 bits per heavy atom. The minimum Gasteiger partial charge on any atom is -0.506 e. The number of aryl methyl sites for hydroxylation is 1. The molecule has 0 atom stereocenters. The maximum absolute atomic E-state index is 12.9. The van der Waals surface area contributed by atoms with Gasteiger partial charge in [0.25, 0.3) is 5.91 Å². The van der Waals surface area contributed by atoms with Gasteiger partial charge in [-0.25, -0.2) is 9.59 Å². The fourth-order valence-electron chi connectivity index (χ4n) is 4.26. The molecule has 0 radical (unpaired) electrons. The number of aromatic hydroxyl groups is 1. The van der Waals surface area contributed by atoms with Crippen LogP contribution in [-0.2, 0) is 25.5 Å². The van der Waals surface area contributed by atoms with Gasteiger partial charge in [-0.15, -0.1) is 0 Å². The fourth-order valence-corrected chi connectivity index (χ4v) is 4.48. The molecule has 2 aliphatic rings. The number of phenolic OH excluding ortho intramolecular Hbond substituents is 1. The first-order valence-corrected chi connectivity index (χ1v) is 13.8. The number of cyclic esters (lactones) is 1. The molecule has 0 aliphatic carbocycles. The number of carbonyl (C=O) groups excluding carboxylic acids is 3. The topological polar surface area (TPSA) is 118 Å². The molecule has 1 fully saturated rings. The van der Waals surface area contributed by atoms with Gasteiger partial charge in [-0.2, -0.15) is 0 Å². The number of carbonyl (C=O) groups is 3. The number of oxime groups is 1. The molecular formula is C29H38ClN3O7. The molecule has 1 N–H and O–H groups in total. The summed E-state index contributed by atoms with van der Waals surface area (Å²) in [6.45, 7) is 8.48. The first-order valence-electron chi connectivity index (χ1n) is 13.4. The Bertz CT molecular complexity index is 1180. The van der Waals surface area contributed by atoms with Crippen molar-refractivity contribution in [3.05, 3.63) is 52.1 Å². The summed E-state index contributed by atoms with van der Waals surface area (Å²) < 4.78 is 10.8. The van der Waals surface area contributed by atoms with Crippen LogP contribution in [-0.4, -0.2) is 83.6 Å². The Kier molecular flexibility index (Phi) is 11.0. The summed E-state index contributed by atoms with van der Waals surface area (Å²) in [4.78, 5) is 46.6. The van der Waals surface area contributed by atoms with Crippen LogP contribution in [0.5, 0.6) is 5.75 Å². The zero-order valence-corrected chi connectivity index (χ0v) is 24.3. The zero-order valence-electron chi connectivity index (χ0n) is 23.6. The van der Waals surface area contributed by atoms with Crippen LogP contribution in [0.2, 0.25) is 5.02 Å². The molecule has 218 valence electrons. The average Bonchev–Trinajstić information content (AvgIpc) is 2.88. The van der Waals surface area contributed by atoms with E-state index in [2.05, 4.69) is 5.16 Å². The number of hydrogen-bond donors (Lipinski definition) is 1. The highest BCUT2D eigenvalue weighted by atomic mass is 35.5. The number of piperazine rings is 1. The van der Waals surface area contributed by atoms with Crippen molar-refractivity contribution < 1.29 is 33.8 Å². The normalized spacial score (nSPS) is 19.7. The molecule has 1 saturated heterocycles. The summed E-state index contributed by atoms with van der Waals surface area (Å²) in [5, 5.41) is 14.6. The number of fused-ring (bicyclic) bond motifs is 1. The van der Waals surface area contributed by atoms with Crippen LogP contribution < -0.4 is 0 Å². The number of halogens is 1. The van der Waals surface area contributed by atoms with Crippen molar-refractivity contribution in [2.45, 2.75) is 59.0 Å². The number of amides is 2. The van der Waals surface area contributed by atoms with E-state index in [1.165, 1.54) is 6.07 Å². The molecule has 0 spiro atoms. The highest BCUT2D eigenvalue weighted by Crippen LogP contribution is 2.34. The van der Waals surface area contributed by atoms with E-state index < -0.39 is 17.7 Å². The van der Waals surface area contributed by atoms with Crippen molar-refractivity contribution in [3.8, 4) is 5.75 Å². The maximum Gasteiger partial charge on any atom is 0.410 e. The summed E-state index contributed by atoms with van der Waals surface area (Å²) in [6.07, 6.45) is 9.48. The van der Waals surface area contributed by atoms with Crippen LogP contribution >= 0.6 is 11.6 Å². The number of ether oxygens (including phenoxy) is 2. The van der Waals surface area contributed by atoms with E-state index in [1.807, 2.05) is 39.0 Å². The van der Waals surface area contributed by atoms with Crippen LogP contribution in [0.25, 0.3) is 0 Å². The molecule has 2 amide bonds. The van der Waals surface area contributed by atoms with Crippen LogP contribution in [0.15, 0.2) is 35.5 Å². The van der Waals surface area contributed by atoms with Crippen molar-refractivity contribution in [1.29, 1.82) is 0 Å². The number of allylic oxidation sites excluding steroid dienone is 3. The number of esters is 1. The van der Waals surface area contributed by atoms with Gasteiger partial charge >= 0.3 is 12.1 Å². The van der Waals surface area contributed by atoms with E-state index in [0.717, 1.165) is 12.8 Å². The Balaban J connectivity index is 1.71. The summed E-state index contributed by atoms with van der Waals surface area (Å²) >= 11 is 6.43. The first kappa shape index (κ1) is 31.0. The van der Waals surface area contributed by atoms with E-state index in [1.54, 1.807) is 22.8 Å². The van der Waals surface area contributed by atoms with Gasteiger partial charge in [-0.05, 0) is 70.2 Å². The molecular weight excluding hydrogens is 538 g/mol. The molecule has 3 rings (SSSR count). The van der Waals surface area contributed by atoms with E-state index in [4.69, 9.17) is 25.9 Å². The number of rotatable bonds is 3. The van der Waals surface area contributed by atoms with Gasteiger partial charge in [0.2, 0.25) is 0 Å². The predicted octanol–water partition coefficient (Wildman–Crippen LogP) is 4.80. The lowest BCUT2D eigenvalue weighted by atomic mass is 9.96. The lowest BCUT2D eigenvalue weighted by Gasteiger charge is -2.35. The summed E-state index contributed by atoms with van der Waals surface area (Å²) in [7, 11) is 0. The third-order valence-corrected chi connectivity index (χ3v) is 6.67. The number of hydrogen-bond acceptors (Lipinski definition) is 8. The second-order valence-electron chi connectivity index (χ2n) is 10.6. The van der Waals surface area contributed by atoms with Crippen LogP contribution in [0.3, 0.4) is 0 Å². The Morgan fingerprint density at radius 1 is 1.07 bits per heavy atom. The maximum atomic E-state index is 12.9. The molecule has 1 aromatic carbocycles. The van der Waals surface area contributed by atoms with Gasteiger partial charge in [0.05, 0.1) is 22.9 Å². The average molecular weight is 576 g/mol. The SMILES string of the molecule is Cc1cc(O)c(Cl)c2c1C(=O)OCC/C=C/CC/C=C/C(=N\OCC(=O)N1CCN(C(=O)OC(C)(C)C)CC1)C2. The van der Waals surface area contributed by atoms with Gasteiger partial charge in [0.15, 0.2) is 6.61 Å². The minimum atomic E-state index is -0.587. The van der Waals surface area contributed by atoms with Gasteiger partial charge in [-0.3, -0.25) is 4.79 Å². The number of benzene rings is 1. The highest BCUT2D eigenvalue weighted by Gasteiger charge is 2.28. The summed E-state index contributed by atoms with van der Waals surface area (Å²) in [6, 6.07) is 1.43. The first-order chi connectivity index (χ1) is 19.0. The Hall–Kier alpha value is -3.53. The summed E-state index contributed by atoms with van der Waals surface area (Å²) in [5.74, 6) is -0.955. The molecule has 11 heteroatoms. The zero-order chi connectivity index (χ0) is 29.3. The van der Waals surface area contributed by atoms with Gasteiger partial charge < -0.3 is 29.2 Å². The van der Waals surface area contributed by atoms with E-state index >= 15 is 0 Å². The quantitative estimate of drug-likeness (QED) is 0.312. The molecule has 0 aromatic heterocycles. The smallest absolute Gasteiger partial charge is 0.410 e. The monoisotopic (exact) mass is 575 g/mol. The van der Waals surface area contributed by atoms with Crippen LogP contribution in [0.4, 0.5) is 4.79 Å². The third kappa shape index (κ3) is 9.01. The Labute approximate surface area is 240 Å². The molecule has 10 nitrogen and oxygen atoms in total. The second-order valence-corrected chi connectivity index (χ2v) is 11.0. The standard InChI is InChI=1S/C29H38ClN3O7/c1-20-17-23(34)26(30)22-18-21(11-9-7-5-6-8-10-16-38-27(36)25(20)22)31-39-19-24(35)32-12-14-33(15-13-32)28(37)40-29(2,3)4/h6,8-9,11,17,34H,5,7,10,12-16,18-19H2,1-4H3/b8-6+,11-9+,31-21+. The molecule has 2 heterocycles. The number of phenols is 1. The van der Waals surface area contributed by atoms with Gasteiger partial charge in [0, 0.05) is 32.6 Å². The fraction of sp³-hybridized carbons (Fsp3) is 0.517. The van der Waals surface area contributed by atoms with E-state index in [9.17, 15) is 19.5 Å². The number of nitrogens with zero attached hydrogens (tertiary/aromatic N) is 3. The van der Waals surface area contributed by atoms with Crippen molar-refractivity contribution in [2.75, 3.05) is 39.4 Å². The Morgan fingerprint density at radius 2 is 1.73 bits per heavy atom. The van der Waals surface area contributed by atoms with Gasteiger partial charge in [-0.1, -0.05) is 35.0 Å². The molecule has 0 saturated carbocycles. The highest BCUT2D eigenvalue weighted by molar-refractivity contribution is 6.33. The van der Waals surface area contributed by atoms with Crippen LogP contribution in [0.1, 0.15) is 61.5 Å². The second kappa shape index (κ2) is 14.2. The molecule has 1 aromatic rings. The largest absolute Gasteiger partial charge is 0.506 e. The van der Waals surface area contributed by atoms with Crippen LogP contribution in [0, 0.1) is 6.92 Å².